The van der Waals surface area contributed by atoms with E-state index in [4.69, 9.17) is 4.74 Å². The van der Waals surface area contributed by atoms with Gasteiger partial charge in [-0.25, -0.2) is 4.79 Å². The van der Waals surface area contributed by atoms with Crippen molar-refractivity contribution in [3.63, 3.8) is 0 Å². The van der Waals surface area contributed by atoms with Gasteiger partial charge in [0.05, 0.1) is 12.6 Å². The van der Waals surface area contributed by atoms with Crippen molar-refractivity contribution in [1.82, 2.24) is 4.90 Å². The summed E-state index contributed by atoms with van der Waals surface area (Å²) in [5.41, 5.74) is 1.47. The minimum Gasteiger partial charge on any atom is -0.447 e. The van der Waals surface area contributed by atoms with Gasteiger partial charge in [-0.1, -0.05) is 13.0 Å². The molecule has 3 rings (SSSR count). The average molecular weight is 317 g/mol. The van der Waals surface area contributed by atoms with Crippen LogP contribution in [-0.2, 0) is 9.53 Å². The Labute approximate surface area is 136 Å². The normalized spacial score (nSPS) is 21.5. The topological polar surface area (TPSA) is 61.9 Å². The largest absolute Gasteiger partial charge is 0.447 e. The highest BCUT2D eigenvalue weighted by atomic mass is 16.6. The lowest BCUT2D eigenvalue weighted by Crippen LogP contribution is -2.40. The molecule has 0 radical (unpaired) electrons. The first kappa shape index (κ1) is 15.8. The first-order chi connectivity index (χ1) is 11.2. The molecule has 0 saturated carbocycles. The highest BCUT2D eigenvalue weighted by Gasteiger charge is 2.30. The smallest absolute Gasteiger partial charge is 0.414 e. The lowest BCUT2D eigenvalue weighted by atomic mass is 10.2. The fourth-order valence-electron chi connectivity index (χ4n) is 3.28. The second-order valence-electron chi connectivity index (χ2n) is 6.00. The van der Waals surface area contributed by atoms with Crippen LogP contribution in [0.25, 0.3) is 0 Å². The van der Waals surface area contributed by atoms with Gasteiger partial charge in [0.1, 0.15) is 6.61 Å². The molecule has 6 heteroatoms. The van der Waals surface area contributed by atoms with E-state index in [1.807, 2.05) is 24.3 Å². The molecule has 0 bridgehead atoms. The van der Waals surface area contributed by atoms with Gasteiger partial charge in [-0.05, 0) is 50.6 Å². The van der Waals surface area contributed by atoms with Crippen molar-refractivity contribution in [3.8, 4) is 0 Å². The Morgan fingerprint density at radius 1 is 1.39 bits per heavy atom. The molecule has 0 spiro atoms. The molecular formula is C17H23N3O3. The number of benzene rings is 1. The van der Waals surface area contributed by atoms with Crippen LogP contribution in [0.15, 0.2) is 24.3 Å². The molecule has 1 aromatic carbocycles. The van der Waals surface area contributed by atoms with Gasteiger partial charge in [0.2, 0.25) is 5.91 Å². The number of ether oxygens (including phenoxy) is 1. The molecule has 6 nitrogen and oxygen atoms in total. The molecule has 1 aromatic rings. The van der Waals surface area contributed by atoms with Crippen molar-refractivity contribution in [1.29, 1.82) is 0 Å². The summed E-state index contributed by atoms with van der Waals surface area (Å²) in [5.74, 6) is 0.0390. The number of carbonyl (C=O) groups is 2. The Hall–Kier alpha value is -2.08. The van der Waals surface area contributed by atoms with Gasteiger partial charge >= 0.3 is 6.09 Å². The van der Waals surface area contributed by atoms with Crippen LogP contribution in [0.3, 0.4) is 0 Å². The maximum atomic E-state index is 12.5. The molecule has 2 aliphatic rings. The maximum Gasteiger partial charge on any atom is 0.414 e. The Morgan fingerprint density at radius 2 is 2.26 bits per heavy atom. The molecule has 0 aromatic heterocycles. The quantitative estimate of drug-likeness (QED) is 0.906. The molecule has 2 fully saturated rings. The first-order valence-corrected chi connectivity index (χ1v) is 8.28. The molecule has 1 atom stereocenters. The monoisotopic (exact) mass is 317 g/mol. The number of cyclic esters (lactones) is 1. The van der Waals surface area contributed by atoms with Crippen LogP contribution in [0.2, 0.25) is 0 Å². The van der Waals surface area contributed by atoms with E-state index in [0.717, 1.165) is 43.7 Å². The minimum atomic E-state index is -0.335. The van der Waals surface area contributed by atoms with Gasteiger partial charge in [0.15, 0.2) is 0 Å². The first-order valence-electron chi connectivity index (χ1n) is 8.28. The zero-order chi connectivity index (χ0) is 16.2. The van der Waals surface area contributed by atoms with E-state index in [1.54, 1.807) is 4.90 Å². The SMILES string of the molecule is CCCN1CCCC1C(=O)Nc1cccc(N2CCOC2=O)c1. The van der Waals surface area contributed by atoms with Crippen LogP contribution >= 0.6 is 0 Å². The standard InChI is InChI=1S/C17H23N3O3/c1-2-8-19-9-4-7-15(19)16(21)18-13-5-3-6-14(12-13)20-10-11-23-17(20)22/h3,5-6,12,15H,2,4,7-11H2,1H3,(H,18,21). The van der Waals surface area contributed by atoms with E-state index in [9.17, 15) is 9.59 Å². The van der Waals surface area contributed by atoms with E-state index in [0.29, 0.717) is 13.2 Å². The Kier molecular flexibility index (Phi) is 4.81. The molecule has 2 saturated heterocycles. The second kappa shape index (κ2) is 7.00. The lowest BCUT2D eigenvalue weighted by Gasteiger charge is -2.23. The molecule has 2 amide bonds. The fourth-order valence-corrected chi connectivity index (χ4v) is 3.28. The van der Waals surface area contributed by atoms with Crippen LogP contribution < -0.4 is 10.2 Å². The van der Waals surface area contributed by atoms with E-state index < -0.39 is 0 Å². The highest BCUT2D eigenvalue weighted by molar-refractivity contribution is 5.96. The summed E-state index contributed by atoms with van der Waals surface area (Å²) in [6.07, 6.45) is 2.69. The summed E-state index contributed by atoms with van der Waals surface area (Å²) in [4.78, 5) is 28.0. The number of anilines is 2. The number of nitrogens with one attached hydrogen (secondary N) is 1. The van der Waals surface area contributed by atoms with Crippen LogP contribution in [0.1, 0.15) is 26.2 Å². The molecular weight excluding hydrogens is 294 g/mol. The van der Waals surface area contributed by atoms with Crippen molar-refractivity contribution in [2.75, 3.05) is 36.5 Å². The maximum absolute atomic E-state index is 12.5. The van der Waals surface area contributed by atoms with E-state index >= 15 is 0 Å². The number of nitrogens with zero attached hydrogens (tertiary/aromatic N) is 2. The summed E-state index contributed by atoms with van der Waals surface area (Å²) in [6, 6.07) is 7.32. The Bertz CT molecular complexity index is 590. The lowest BCUT2D eigenvalue weighted by molar-refractivity contribution is -0.120. The summed E-state index contributed by atoms with van der Waals surface area (Å²) >= 11 is 0. The highest BCUT2D eigenvalue weighted by Crippen LogP contribution is 2.24. The third-order valence-corrected chi connectivity index (χ3v) is 4.36. The van der Waals surface area contributed by atoms with Crippen LogP contribution in [0.5, 0.6) is 0 Å². The summed E-state index contributed by atoms with van der Waals surface area (Å²) in [5, 5.41) is 2.99. The molecule has 124 valence electrons. The number of likely N-dealkylation sites (tertiary alicyclic amines) is 1. The van der Waals surface area contributed by atoms with E-state index in [2.05, 4.69) is 17.1 Å². The van der Waals surface area contributed by atoms with Gasteiger partial charge in [0.25, 0.3) is 0 Å². The van der Waals surface area contributed by atoms with Gasteiger partial charge in [-0.3, -0.25) is 14.6 Å². The van der Waals surface area contributed by atoms with Crippen LogP contribution in [0, 0.1) is 0 Å². The van der Waals surface area contributed by atoms with Crippen molar-refractivity contribution >= 4 is 23.4 Å². The van der Waals surface area contributed by atoms with Gasteiger partial charge in [0, 0.05) is 11.4 Å². The predicted molar refractivity (Wildman–Crippen MR) is 88.7 cm³/mol. The summed E-state index contributed by atoms with van der Waals surface area (Å²) < 4.78 is 4.96. The van der Waals surface area contributed by atoms with Gasteiger partial charge in [-0.2, -0.15) is 0 Å². The van der Waals surface area contributed by atoms with Crippen molar-refractivity contribution in [2.24, 2.45) is 0 Å². The molecule has 0 aliphatic carbocycles. The predicted octanol–water partition coefficient (Wildman–Crippen LogP) is 2.46. The summed E-state index contributed by atoms with van der Waals surface area (Å²) in [7, 11) is 0. The van der Waals surface area contributed by atoms with Crippen LogP contribution in [-0.4, -0.2) is 49.2 Å². The zero-order valence-electron chi connectivity index (χ0n) is 13.5. The average Bonchev–Trinajstić information content (AvgIpc) is 3.17. The summed E-state index contributed by atoms with van der Waals surface area (Å²) in [6.45, 7) is 5.03. The van der Waals surface area contributed by atoms with Crippen molar-refractivity contribution in [3.05, 3.63) is 24.3 Å². The zero-order valence-corrected chi connectivity index (χ0v) is 13.5. The second-order valence-corrected chi connectivity index (χ2v) is 6.00. The third-order valence-electron chi connectivity index (χ3n) is 4.36. The molecule has 2 heterocycles. The molecule has 2 aliphatic heterocycles. The molecule has 1 N–H and O–H groups in total. The number of rotatable bonds is 5. The van der Waals surface area contributed by atoms with Gasteiger partial charge < -0.3 is 10.1 Å². The van der Waals surface area contributed by atoms with E-state index in [1.165, 1.54) is 0 Å². The van der Waals surface area contributed by atoms with E-state index in [-0.39, 0.29) is 18.0 Å². The Morgan fingerprint density at radius 3 is 3.00 bits per heavy atom. The van der Waals surface area contributed by atoms with Gasteiger partial charge in [-0.15, -0.1) is 0 Å². The van der Waals surface area contributed by atoms with Crippen molar-refractivity contribution < 1.29 is 14.3 Å². The Balaban J connectivity index is 1.68. The number of amides is 2. The number of hydrogen-bond donors (Lipinski definition) is 1. The number of hydrogen-bond acceptors (Lipinski definition) is 4. The molecule has 23 heavy (non-hydrogen) atoms. The fraction of sp³-hybridized carbons (Fsp3) is 0.529. The third kappa shape index (κ3) is 3.47. The molecule has 1 unspecified atom stereocenters. The number of carbonyl (C=O) groups excluding carboxylic acids is 2. The van der Waals surface area contributed by atoms with Crippen LogP contribution in [0.4, 0.5) is 16.2 Å². The van der Waals surface area contributed by atoms with Crippen molar-refractivity contribution in [2.45, 2.75) is 32.2 Å². The minimum absolute atomic E-state index is 0.0390.